The molecule has 118 valence electrons. The first kappa shape index (κ1) is 15.6. The van der Waals surface area contributed by atoms with Crippen LogP contribution in [0.5, 0.6) is 0 Å². The topological polar surface area (TPSA) is 51.1 Å². The van der Waals surface area contributed by atoms with Gasteiger partial charge in [0, 0.05) is 17.1 Å². The van der Waals surface area contributed by atoms with Gasteiger partial charge in [-0.15, -0.1) is 0 Å². The normalized spacial score (nSPS) is 16.2. The Hall–Kier alpha value is -2.27. The molecule has 3 rings (SSSR count). The summed E-state index contributed by atoms with van der Waals surface area (Å²) in [6.07, 6.45) is 2.80. The Morgan fingerprint density at radius 3 is 2.43 bits per heavy atom. The number of amides is 2. The lowest BCUT2D eigenvalue weighted by Crippen LogP contribution is -2.17. The van der Waals surface area contributed by atoms with Gasteiger partial charge in [-0.3, -0.25) is 14.9 Å². The number of aryl methyl sites for hydroxylation is 2. The van der Waals surface area contributed by atoms with Gasteiger partial charge in [0.2, 0.25) is 0 Å². The van der Waals surface area contributed by atoms with Crippen molar-refractivity contribution in [3.63, 3.8) is 0 Å². The number of hydrogen-bond donors (Lipinski definition) is 1. The van der Waals surface area contributed by atoms with Crippen molar-refractivity contribution in [2.24, 2.45) is 0 Å². The third-order valence-electron chi connectivity index (χ3n) is 4.00. The fourth-order valence-electron chi connectivity index (χ4n) is 2.77. The van der Waals surface area contributed by atoms with Crippen LogP contribution in [-0.2, 0) is 11.2 Å². The van der Waals surface area contributed by atoms with Crippen LogP contribution in [0.4, 0.5) is 4.79 Å². The van der Waals surface area contributed by atoms with Crippen LogP contribution in [0.3, 0.4) is 0 Å². The average molecular weight is 326 g/mol. The van der Waals surface area contributed by atoms with Gasteiger partial charge in [0.25, 0.3) is 11.1 Å². The predicted molar refractivity (Wildman–Crippen MR) is 93.7 cm³/mol. The molecule has 1 fully saturated rings. The van der Waals surface area contributed by atoms with E-state index in [9.17, 15) is 9.59 Å². The summed E-state index contributed by atoms with van der Waals surface area (Å²) < 4.78 is 2.16. The van der Waals surface area contributed by atoms with E-state index < -0.39 is 0 Å². The molecule has 1 N–H and O–H groups in total. The molecule has 0 aliphatic carbocycles. The molecule has 0 saturated carbocycles. The molecule has 2 heterocycles. The number of hydrogen-bond acceptors (Lipinski definition) is 3. The quantitative estimate of drug-likeness (QED) is 0.868. The van der Waals surface area contributed by atoms with Crippen LogP contribution in [0.2, 0.25) is 0 Å². The summed E-state index contributed by atoms with van der Waals surface area (Å²) in [5, 5.41) is 1.97. The molecule has 5 heteroatoms. The summed E-state index contributed by atoms with van der Waals surface area (Å²) in [6.45, 7) is 6.19. The molecule has 0 unspecified atom stereocenters. The standard InChI is InChI=1S/C18H18N2O2S/c1-4-13-5-7-15(8-6-13)20-11(2)9-14(12(20)3)10-16-17(21)19-18(22)23-16/h5-10H,4H2,1-3H3,(H,19,21,22). The van der Waals surface area contributed by atoms with Crippen molar-refractivity contribution in [2.45, 2.75) is 27.2 Å². The highest BCUT2D eigenvalue weighted by molar-refractivity contribution is 8.18. The number of aromatic nitrogens is 1. The number of benzene rings is 1. The predicted octanol–water partition coefficient (Wildman–Crippen LogP) is 3.98. The van der Waals surface area contributed by atoms with Crippen LogP contribution >= 0.6 is 11.8 Å². The van der Waals surface area contributed by atoms with Gasteiger partial charge in [-0.05, 0) is 67.4 Å². The van der Waals surface area contributed by atoms with Gasteiger partial charge in [0.1, 0.15) is 0 Å². The molecule has 0 bridgehead atoms. The Labute approximate surface area is 139 Å². The van der Waals surface area contributed by atoms with Gasteiger partial charge in [-0.25, -0.2) is 0 Å². The van der Waals surface area contributed by atoms with Gasteiger partial charge in [0.05, 0.1) is 4.91 Å². The molecular weight excluding hydrogens is 308 g/mol. The van der Waals surface area contributed by atoms with E-state index in [0.29, 0.717) is 4.91 Å². The molecule has 1 saturated heterocycles. The summed E-state index contributed by atoms with van der Waals surface area (Å²) in [7, 11) is 0. The van der Waals surface area contributed by atoms with Crippen molar-refractivity contribution in [3.8, 4) is 5.69 Å². The summed E-state index contributed by atoms with van der Waals surface area (Å²) in [5.41, 5.74) is 5.49. The summed E-state index contributed by atoms with van der Waals surface area (Å²) in [5.74, 6) is -0.322. The van der Waals surface area contributed by atoms with Crippen molar-refractivity contribution >= 4 is 29.0 Å². The minimum absolute atomic E-state index is 0.315. The largest absolute Gasteiger partial charge is 0.318 e. The van der Waals surface area contributed by atoms with Crippen molar-refractivity contribution in [3.05, 3.63) is 57.8 Å². The maximum Gasteiger partial charge on any atom is 0.290 e. The first-order valence-corrected chi connectivity index (χ1v) is 8.34. The minimum Gasteiger partial charge on any atom is -0.318 e. The Balaban J connectivity index is 2.01. The highest BCUT2D eigenvalue weighted by atomic mass is 32.2. The van der Waals surface area contributed by atoms with E-state index in [1.165, 1.54) is 5.56 Å². The number of thioether (sulfide) groups is 1. The number of rotatable bonds is 3. The first-order chi connectivity index (χ1) is 11.0. The Bertz CT molecular complexity index is 816. The highest BCUT2D eigenvalue weighted by Crippen LogP contribution is 2.29. The molecule has 23 heavy (non-hydrogen) atoms. The lowest BCUT2D eigenvalue weighted by molar-refractivity contribution is -0.115. The monoisotopic (exact) mass is 326 g/mol. The zero-order valence-electron chi connectivity index (χ0n) is 13.3. The molecule has 0 spiro atoms. The van der Waals surface area contributed by atoms with Crippen LogP contribution in [-0.4, -0.2) is 15.7 Å². The minimum atomic E-state index is -0.322. The zero-order valence-corrected chi connectivity index (χ0v) is 14.2. The van der Waals surface area contributed by atoms with Gasteiger partial charge in [-0.1, -0.05) is 19.1 Å². The zero-order chi connectivity index (χ0) is 16.6. The van der Waals surface area contributed by atoms with Gasteiger partial charge < -0.3 is 4.57 Å². The number of imide groups is 1. The van der Waals surface area contributed by atoms with Crippen molar-refractivity contribution in [2.75, 3.05) is 0 Å². The molecular formula is C18H18N2O2S. The second-order valence-electron chi connectivity index (χ2n) is 5.53. The van der Waals surface area contributed by atoms with E-state index in [1.54, 1.807) is 6.08 Å². The SMILES string of the molecule is CCc1ccc(-n2c(C)cc(C=C3SC(=O)NC3=O)c2C)cc1. The Kier molecular flexibility index (Phi) is 4.13. The van der Waals surface area contributed by atoms with E-state index >= 15 is 0 Å². The van der Waals surface area contributed by atoms with Crippen molar-refractivity contribution in [1.82, 2.24) is 9.88 Å². The molecule has 4 nitrogen and oxygen atoms in total. The summed E-state index contributed by atoms with van der Waals surface area (Å²) >= 11 is 0.945. The van der Waals surface area contributed by atoms with Crippen LogP contribution in [0.15, 0.2) is 35.2 Å². The van der Waals surface area contributed by atoms with Crippen LogP contribution in [0.25, 0.3) is 11.8 Å². The van der Waals surface area contributed by atoms with Gasteiger partial charge in [0.15, 0.2) is 0 Å². The average Bonchev–Trinajstić information content (AvgIpc) is 2.99. The van der Waals surface area contributed by atoms with E-state index in [2.05, 4.69) is 41.1 Å². The molecule has 2 aromatic rings. The van der Waals surface area contributed by atoms with E-state index in [4.69, 9.17) is 0 Å². The third-order valence-corrected chi connectivity index (χ3v) is 4.81. The van der Waals surface area contributed by atoms with Crippen LogP contribution in [0.1, 0.15) is 29.4 Å². The second-order valence-corrected chi connectivity index (χ2v) is 6.55. The fourth-order valence-corrected chi connectivity index (χ4v) is 3.45. The second kappa shape index (κ2) is 6.08. The van der Waals surface area contributed by atoms with E-state index in [-0.39, 0.29) is 11.1 Å². The molecule has 0 radical (unpaired) electrons. The Morgan fingerprint density at radius 1 is 1.17 bits per heavy atom. The Morgan fingerprint density at radius 2 is 1.87 bits per heavy atom. The smallest absolute Gasteiger partial charge is 0.290 e. The van der Waals surface area contributed by atoms with Gasteiger partial charge >= 0.3 is 0 Å². The lowest BCUT2D eigenvalue weighted by atomic mass is 10.1. The summed E-state index contributed by atoms with van der Waals surface area (Å²) in [4.78, 5) is 23.4. The van der Waals surface area contributed by atoms with Crippen molar-refractivity contribution in [1.29, 1.82) is 0 Å². The molecule has 1 aromatic carbocycles. The van der Waals surface area contributed by atoms with Crippen LogP contribution in [0, 0.1) is 13.8 Å². The third kappa shape index (κ3) is 2.97. The highest BCUT2D eigenvalue weighted by Gasteiger charge is 2.25. The number of carbonyl (C=O) groups is 2. The molecule has 0 atom stereocenters. The number of nitrogens with zero attached hydrogens (tertiary/aromatic N) is 1. The molecule has 1 aliphatic heterocycles. The van der Waals surface area contributed by atoms with Gasteiger partial charge in [-0.2, -0.15) is 0 Å². The lowest BCUT2D eigenvalue weighted by Gasteiger charge is -2.10. The molecule has 1 aromatic heterocycles. The fraction of sp³-hybridized carbons (Fsp3) is 0.222. The number of nitrogens with one attached hydrogen (secondary N) is 1. The number of carbonyl (C=O) groups excluding carboxylic acids is 2. The maximum absolute atomic E-state index is 11.7. The summed E-state index contributed by atoms with van der Waals surface area (Å²) in [6, 6.07) is 10.5. The van der Waals surface area contributed by atoms with E-state index in [0.717, 1.165) is 40.8 Å². The van der Waals surface area contributed by atoms with Crippen LogP contribution < -0.4 is 5.32 Å². The first-order valence-electron chi connectivity index (χ1n) is 7.52. The molecule has 2 amide bonds. The van der Waals surface area contributed by atoms with Crippen molar-refractivity contribution < 1.29 is 9.59 Å². The van der Waals surface area contributed by atoms with E-state index in [1.807, 2.05) is 19.9 Å². The maximum atomic E-state index is 11.7. The molecule has 1 aliphatic rings.